The van der Waals surface area contributed by atoms with Crippen LogP contribution in [0.5, 0.6) is 0 Å². The topological polar surface area (TPSA) is 74.6 Å². The first-order valence-corrected chi connectivity index (χ1v) is 8.56. The Morgan fingerprint density at radius 3 is 1.30 bits per heavy atom. The van der Waals surface area contributed by atoms with E-state index in [1.54, 1.807) is 0 Å². The maximum Gasteiger partial charge on any atom is 0.309 e. The van der Waals surface area contributed by atoms with Gasteiger partial charge in [-0.25, -0.2) is 0 Å². The molecule has 0 aliphatic heterocycles. The monoisotopic (exact) mass is 376 g/mol. The summed E-state index contributed by atoms with van der Waals surface area (Å²) in [6.45, 7) is 8.01. The molecule has 0 spiro atoms. The molecule has 4 unspecified atom stereocenters. The van der Waals surface area contributed by atoms with Crippen molar-refractivity contribution < 1.29 is 39.3 Å². The van der Waals surface area contributed by atoms with Crippen LogP contribution >= 0.6 is 0 Å². The molecule has 4 atom stereocenters. The summed E-state index contributed by atoms with van der Waals surface area (Å²) in [7, 11) is 0. The maximum atomic E-state index is 10.8. The van der Waals surface area contributed by atoms with Gasteiger partial charge >= 0.3 is 11.9 Å². The molecule has 130 valence electrons. The standard InChI is InChI=1S/2C9H16O2.Zn/c2*1-7-4-3-5-9(2,6-7)8(10)11;/h2*7H,3-6H2,1-2H3,(H,10,11);. The third kappa shape index (κ3) is 6.53. The van der Waals surface area contributed by atoms with Gasteiger partial charge in [0.2, 0.25) is 0 Å². The van der Waals surface area contributed by atoms with Gasteiger partial charge in [0, 0.05) is 19.5 Å². The van der Waals surface area contributed by atoms with E-state index in [9.17, 15) is 9.59 Å². The Balaban J connectivity index is 0.000000403. The van der Waals surface area contributed by atoms with Gasteiger partial charge in [0.05, 0.1) is 10.8 Å². The van der Waals surface area contributed by atoms with Crippen molar-refractivity contribution in [2.45, 2.75) is 79.1 Å². The van der Waals surface area contributed by atoms with Crippen molar-refractivity contribution in [2.24, 2.45) is 22.7 Å². The minimum Gasteiger partial charge on any atom is -0.481 e. The SMILES string of the molecule is CC1CCCC(C)(C(=O)O)C1.CC1CCCC(C)(C(=O)O)C1.[Zn]. The van der Waals surface area contributed by atoms with E-state index in [2.05, 4.69) is 13.8 Å². The van der Waals surface area contributed by atoms with Crippen LogP contribution in [0.1, 0.15) is 79.1 Å². The number of carboxylic acid groups (broad SMARTS) is 2. The molecule has 2 rings (SSSR count). The van der Waals surface area contributed by atoms with E-state index in [0.29, 0.717) is 11.8 Å². The number of carbonyl (C=O) groups is 2. The summed E-state index contributed by atoms with van der Waals surface area (Å²) in [4.78, 5) is 21.6. The van der Waals surface area contributed by atoms with Crippen molar-refractivity contribution in [3.63, 3.8) is 0 Å². The van der Waals surface area contributed by atoms with E-state index in [0.717, 1.165) is 38.5 Å². The fourth-order valence-electron chi connectivity index (χ4n) is 4.02. The van der Waals surface area contributed by atoms with Crippen molar-refractivity contribution in [1.82, 2.24) is 0 Å². The van der Waals surface area contributed by atoms with Gasteiger partial charge in [0.1, 0.15) is 0 Å². The van der Waals surface area contributed by atoms with Gasteiger partial charge in [0.15, 0.2) is 0 Å². The molecular formula is C18H32O4Zn. The van der Waals surface area contributed by atoms with E-state index >= 15 is 0 Å². The zero-order valence-electron chi connectivity index (χ0n) is 15.2. The van der Waals surface area contributed by atoms with E-state index in [-0.39, 0.29) is 19.5 Å². The van der Waals surface area contributed by atoms with Crippen LogP contribution in [0.2, 0.25) is 0 Å². The molecule has 2 aliphatic carbocycles. The van der Waals surface area contributed by atoms with E-state index in [1.807, 2.05) is 13.8 Å². The minimum atomic E-state index is -0.621. The number of carboxylic acids is 2. The third-order valence-electron chi connectivity index (χ3n) is 5.48. The molecule has 2 saturated carbocycles. The Bertz CT molecular complexity index is 374. The van der Waals surface area contributed by atoms with Gasteiger partial charge in [-0.3, -0.25) is 9.59 Å². The zero-order chi connectivity index (χ0) is 17.0. The van der Waals surface area contributed by atoms with Crippen LogP contribution in [0.25, 0.3) is 0 Å². The molecule has 0 amide bonds. The van der Waals surface area contributed by atoms with Crippen LogP contribution in [0.4, 0.5) is 0 Å². The van der Waals surface area contributed by atoms with Gasteiger partial charge in [-0.2, -0.15) is 0 Å². The second kappa shape index (κ2) is 9.15. The largest absolute Gasteiger partial charge is 0.481 e. The quantitative estimate of drug-likeness (QED) is 0.691. The average Bonchev–Trinajstić information content (AvgIpc) is 2.38. The van der Waals surface area contributed by atoms with Crippen LogP contribution in [-0.4, -0.2) is 22.2 Å². The Labute approximate surface area is 153 Å². The molecular weight excluding hydrogens is 346 g/mol. The minimum absolute atomic E-state index is 0. The molecule has 0 radical (unpaired) electrons. The predicted molar refractivity (Wildman–Crippen MR) is 86.7 cm³/mol. The molecule has 0 bridgehead atoms. The van der Waals surface area contributed by atoms with Crippen molar-refractivity contribution >= 4 is 11.9 Å². The van der Waals surface area contributed by atoms with E-state index in [4.69, 9.17) is 10.2 Å². The molecule has 0 heterocycles. The van der Waals surface area contributed by atoms with E-state index < -0.39 is 22.8 Å². The van der Waals surface area contributed by atoms with Crippen LogP contribution in [-0.2, 0) is 29.1 Å². The fraction of sp³-hybridized carbons (Fsp3) is 0.889. The van der Waals surface area contributed by atoms with Gasteiger partial charge in [-0.05, 0) is 51.4 Å². The van der Waals surface area contributed by atoms with Gasteiger partial charge < -0.3 is 10.2 Å². The molecule has 23 heavy (non-hydrogen) atoms. The van der Waals surface area contributed by atoms with Gasteiger partial charge in [-0.15, -0.1) is 0 Å². The first-order chi connectivity index (χ1) is 10.1. The number of hydrogen-bond donors (Lipinski definition) is 2. The van der Waals surface area contributed by atoms with Crippen molar-refractivity contribution in [1.29, 1.82) is 0 Å². The normalized spacial score (nSPS) is 36.9. The summed E-state index contributed by atoms with van der Waals surface area (Å²) in [5.74, 6) is -0.0669. The fourth-order valence-corrected chi connectivity index (χ4v) is 4.02. The Morgan fingerprint density at radius 1 is 0.826 bits per heavy atom. The molecule has 0 saturated heterocycles. The Hall–Kier alpha value is -0.437. The molecule has 2 fully saturated rings. The summed E-state index contributed by atoms with van der Waals surface area (Å²) in [6, 6.07) is 0. The summed E-state index contributed by atoms with van der Waals surface area (Å²) < 4.78 is 0. The molecule has 0 aromatic heterocycles. The molecule has 0 aromatic rings. The summed E-state index contributed by atoms with van der Waals surface area (Å²) in [6.07, 6.45) is 7.95. The first kappa shape index (κ1) is 22.6. The molecule has 0 aromatic carbocycles. The second-order valence-corrected chi connectivity index (χ2v) is 8.13. The summed E-state index contributed by atoms with van der Waals surface area (Å²) in [5.41, 5.74) is -0.866. The number of rotatable bonds is 2. The maximum absolute atomic E-state index is 10.8. The summed E-state index contributed by atoms with van der Waals surface area (Å²) >= 11 is 0. The second-order valence-electron chi connectivity index (χ2n) is 8.13. The van der Waals surface area contributed by atoms with Crippen molar-refractivity contribution in [3.05, 3.63) is 0 Å². The molecule has 2 N–H and O–H groups in total. The van der Waals surface area contributed by atoms with Gasteiger partial charge in [0.25, 0.3) is 0 Å². The van der Waals surface area contributed by atoms with Crippen LogP contribution < -0.4 is 0 Å². The number of aliphatic carboxylic acids is 2. The van der Waals surface area contributed by atoms with E-state index in [1.165, 1.54) is 12.8 Å². The molecule has 2 aliphatic rings. The molecule has 4 nitrogen and oxygen atoms in total. The van der Waals surface area contributed by atoms with Crippen molar-refractivity contribution in [3.8, 4) is 0 Å². The number of hydrogen-bond acceptors (Lipinski definition) is 2. The Kier molecular flexibility index (Phi) is 8.98. The van der Waals surface area contributed by atoms with Crippen LogP contribution in [0.15, 0.2) is 0 Å². The van der Waals surface area contributed by atoms with Crippen LogP contribution in [0.3, 0.4) is 0 Å². The zero-order valence-corrected chi connectivity index (χ0v) is 18.2. The van der Waals surface area contributed by atoms with Gasteiger partial charge in [-0.1, -0.05) is 39.5 Å². The smallest absolute Gasteiger partial charge is 0.309 e. The van der Waals surface area contributed by atoms with Crippen molar-refractivity contribution in [2.75, 3.05) is 0 Å². The Morgan fingerprint density at radius 2 is 1.13 bits per heavy atom. The predicted octanol–water partition coefficient (Wildman–Crippen LogP) is 4.57. The van der Waals surface area contributed by atoms with Crippen LogP contribution in [0, 0.1) is 22.7 Å². The summed E-state index contributed by atoms with van der Waals surface area (Å²) in [5, 5.41) is 17.8. The first-order valence-electron chi connectivity index (χ1n) is 8.56. The third-order valence-corrected chi connectivity index (χ3v) is 5.48. The average molecular weight is 378 g/mol. The molecule has 5 heteroatoms.